The number of fused-ring (bicyclic) bond motifs is 1. The average Bonchev–Trinajstić information content (AvgIpc) is 3.57. The van der Waals surface area contributed by atoms with Gasteiger partial charge in [-0.2, -0.15) is 4.99 Å². The molecule has 4 fully saturated rings. The van der Waals surface area contributed by atoms with E-state index < -0.39 is 95.5 Å². The van der Waals surface area contributed by atoms with Crippen LogP contribution in [-0.4, -0.2) is 172 Å². The third-order valence-corrected chi connectivity index (χ3v) is 15.2. The molecule has 16 nitrogen and oxygen atoms in total. The Morgan fingerprint density at radius 3 is 2.23 bits per heavy atom. The number of nitrogens with zero attached hydrogens (tertiary/aromatic N) is 3. The van der Waals surface area contributed by atoms with Crippen LogP contribution in [0.15, 0.2) is 35.3 Å². The maximum atomic E-state index is 14.7. The summed E-state index contributed by atoms with van der Waals surface area (Å²) in [5.41, 5.74) is -5.23. The maximum absolute atomic E-state index is 14.7. The molecule has 0 aliphatic carbocycles. The Morgan fingerprint density at radius 1 is 0.924 bits per heavy atom. The summed E-state index contributed by atoms with van der Waals surface area (Å²) >= 11 is 0. The fourth-order valence-corrected chi connectivity index (χ4v) is 11.1. The van der Waals surface area contributed by atoms with Gasteiger partial charge in [-0.25, -0.2) is 0 Å². The van der Waals surface area contributed by atoms with E-state index in [1.165, 1.54) is 6.92 Å². The second kappa shape index (κ2) is 22.5. The Bertz CT molecular complexity index is 1720. The molecule has 0 saturated carbocycles. The van der Waals surface area contributed by atoms with Gasteiger partial charge in [-0.15, -0.1) is 0 Å². The fraction of sp³-hybridized carbons (Fsp3) is 0.840. The van der Waals surface area contributed by atoms with Crippen LogP contribution in [0.2, 0.25) is 0 Å². The van der Waals surface area contributed by atoms with E-state index in [1.807, 2.05) is 76.9 Å². The molecule has 0 bridgehead atoms. The summed E-state index contributed by atoms with van der Waals surface area (Å²) in [5, 5.41) is 52.6. The zero-order valence-corrected chi connectivity index (χ0v) is 42.4. The van der Waals surface area contributed by atoms with Crippen molar-refractivity contribution in [1.82, 2.24) is 15.1 Å². The number of nitrogens with one attached hydrogen (secondary N) is 1. The number of esters is 1. The van der Waals surface area contributed by atoms with Crippen molar-refractivity contribution in [2.24, 2.45) is 22.7 Å². The standard InChI is InChI=1S/C50H86N4O12/c1-15-23-51-29-50(59)35(9)62-39(27-48(50,11)60-14)64-40-32(6)43(66-45-41-37(25-31(5)61-45)53(13)46(65-41)52-36-21-19-18-20-22-36)47(10,57)26-30(4)28-54(24-16-2)34(8)42(55)49(12,58)38(17-3)63-44(56)33(40)7/h18-22,30-35,37-43,45,51,55,57-59H,15-17,23-29H2,1-14H3/t30-,31-,32+,33-,34-,35+,37+,38-,39+,40+,41-,42-,43-,45+,47-,48-,49-,50+/m1/s1. The van der Waals surface area contributed by atoms with Crippen molar-refractivity contribution in [1.29, 1.82) is 0 Å². The normalized spacial score (nSPS) is 44.0. The summed E-state index contributed by atoms with van der Waals surface area (Å²) in [7, 11) is 3.50. The summed E-state index contributed by atoms with van der Waals surface area (Å²) in [6, 6.07) is 9.33. The lowest BCUT2D eigenvalue weighted by molar-refractivity contribution is -0.335. The molecule has 5 rings (SSSR count). The van der Waals surface area contributed by atoms with Crippen molar-refractivity contribution >= 4 is 17.7 Å². The number of methoxy groups -OCH3 is 1. The lowest BCUT2D eigenvalue weighted by Gasteiger charge is -2.53. The minimum atomic E-state index is -1.82. The summed E-state index contributed by atoms with van der Waals surface area (Å²) in [6.45, 7) is 24.3. The first-order valence-electron chi connectivity index (χ1n) is 24.7. The molecule has 0 amide bonds. The number of carbonyl (C=O) groups is 1. The fourth-order valence-electron chi connectivity index (χ4n) is 11.1. The molecule has 1 aromatic carbocycles. The van der Waals surface area contributed by atoms with Crippen LogP contribution in [0, 0.1) is 17.8 Å². The minimum absolute atomic E-state index is 0.0996. The predicted octanol–water partition coefficient (Wildman–Crippen LogP) is 5.15. The van der Waals surface area contributed by atoms with E-state index >= 15 is 0 Å². The van der Waals surface area contributed by atoms with Crippen LogP contribution in [0.1, 0.15) is 122 Å². The summed E-state index contributed by atoms with van der Waals surface area (Å²) in [5.74, 6) is -2.60. The van der Waals surface area contributed by atoms with E-state index in [0.29, 0.717) is 32.1 Å². The first kappa shape index (κ1) is 54.5. The number of hydrogen-bond acceptors (Lipinski definition) is 15. The molecule has 0 aromatic heterocycles. The largest absolute Gasteiger partial charge is 0.459 e. The zero-order chi connectivity index (χ0) is 48.9. The molecule has 4 saturated heterocycles. The molecule has 4 heterocycles. The van der Waals surface area contributed by atoms with Gasteiger partial charge < -0.3 is 63.8 Å². The minimum Gasteiger partial charge on any atom is -0.459 e. The van der Waals surface area contributed by atoms with E-state index in [-0.39, 0.29) is 43.9 Å². The topological polar surface area (TPSA) is 193 Å². The number of cyclic esters (lactones) is 1. The first-order valence-corrected chi connectivity index (χ1v) is 24.7. The van der Waals surface area contributed by atoms with Crippen molar-refractivity contribution in [3.05, 3.63) is 30.3 Å². The third-order valence-electron chi connectivity index (χ3n) is 15.2. The number of aliphatic imine (C=N–C) groups is 1. The molecule has 0 spiro atoms. The number of aliphatic hydroxyl groups is 4. The Labute approximate surface area is 395 Å². The number of likely N-dealkylation sites (N-methyl/N-ethyl adjacent to an activating group) is 1. The highest BCUT2D eigenvalue weighted by molar-refractivity contribution is 5.79. The molecule has 5 N–H and O–H groups in total. The highest BCUT2D eigenvalue weighted by atomic mass is 16.7. The van der Waals surface area contributed by atoms with Gasteiger partial charge in [-0.1, -0.05) is 52.8 Å². The van der Waals surface area contributed by atoms with Crippen molar-refractivity contribution in [2.45, 2.75) is 211 Å². The highest BCUT2D eigenvalue weighted by Crippen LogP contribution is 2.44. The Hall–Kier alpha value is -2.48. The first-order chi connectivity index (χ1) is 31.0. The molecule has 18 atom stereocenters. The quantitative estimate of drug-likeness (QED) is 0.129. The van der Waals surface area contributed by atoms with Gasteiger partial charge in [0.2, 0.25) is 0 Å². The van der Waals surface area contributed by atoms with E-state index in [2.05, 4.69) is 31.0 Å². The molecule has 4 aliphatic heterocycles. The number of benzene rings is 1. The van der Waals surface area contributed by atoms with Gasteiger partial charge in [0.15, 0.2) is 18.7 Å². The Kier molecular flexibility index (Phi) is 18.6. The number of para-hydroxylation sites is 1. The van der Waals surface area contributed by atoms with Crippen LogP contribution in [0.5, 0.6) is 0 Å². The average molecular weight is 935 g/mol. The van der Waals surface area contributed by atoms with Crippen molar-refractivity contribution < 1.29 is 58.4 Å². The third kappa shape index (κ3) is 11.7. The zero-order valence-electron chi connectivity index (χ0n) is 42.4. The molecular formula is C50H86N4O12. The molecule has 16 heteroatoms. The van der Waals surface area contributed by atoms with Gasteiger partial charge in [0.05, 0.1) is 47.7 Å². The van der Waals surface area contributed by atoms with Gasteiger partial charge in [0.25, 0.3) is 6.02 Å². The number of amidine groups is 1. The number of ether oxygens (including phenoxy) is 7. The van der Waals surface area contributed by atoms with Crippen LogP contribution in [0.4, 0.5) is 5.69 Å². The Balaban J connectivity index is 1.60. The molecular weight excluding hydrogens is 849 g/mol. The van der Waals surface area contributed by atoms with E-state index in [0.717, 1.165) is 18.5 Å². The van der Waals surface area contributed by atoms with E-state index in [9.17, 15) is 25.2 Å². The maximum Gasteiger partial charge on any atom is 0.311 e. The van der Waals surface area contributed by atoms with E-state index in [4.69, 9.17) is 38.2 Å². The van der Waals surface area contributed by atoms with Crippen LogP contribution in [0.25, 0.3) is 0 Å². The lowest BCUT2D eigenvalue weighted by atomic mass is 9.75. The molecule has 378 valence electrons. The highest BCUT2D eigenvalue weighted by Gasteiger charge is 2.59. The number of aliphatic hydroxyl groups excluding tert-OH is 1. The van der Waals surface area contributed by atoms with Gasteiger partial charge in [0.1, 0.15) is 29.0 Å². The van der Waals surface area contributed by atoms with Gasteiger partial charge in [-0.05, 0) is 112 Å². The van der Waals surface area contributed by atoms with Crippen LogP contribution >= 0.6 is 0 Å². The number of carbonyl (C=O) groups excluding carboxylic acids is 1. The van der Waals surface area contributed by atoms with E-state index in [1.54, 1.807) is 27.9 Å². The summed E-state index contributed by atoms with van der Waals surface area (Å²) in [4.78, 5) is 23.7. The van der Waals surface area contributed by atoms with Crippen LogP contribution < -0.4 is 5.32 Å². The smallest absolute Gasteiger partial charge is 0.311 e. The molecule has 0 radical (unpaired) electrons. The monoisotopic (exact) mass is 935 g/mol. The predicted molar refractivity (Wildman–Crippen MR) is 252 cm³/mol. The number of rotatable bonds is 13. The summed E-state index contributed by atoms with van der Waals surface area (Å²) in [6.07, 6.45) is -5.15. The SMILES string of the molecule is CCCNC[C@]1(O)[C@H](C)O[C@@H](O[C@H]2[C@H](C)[C@@H](O[C@@H]3O[C@H](C)C[C@H]4[C@H]3OC(=Nc3ccccc3)N4C)[C@](C)(O)C[C@@H](C)CN(CCC)[C@H](C)[C@@H](O)[C@](C)(O)[C@@H](CC)OC(=O)[C@@H]2C)C[C@@]1(C)OC. The van der Waals surface area contributed by atoms with Crippen LogP contribution in [-0.2, 0) is 38.0 Å². The second-order valence-electron chi connectivity index (χ2n) is 20.7. The lowest BCUT2D eigenvalue weighted by Crippen LogP contribution is -2.70. The van der Waals surface area contributed by atoms with Crippen molar-refractivity contribution in [3.8, 4) is 0 Å². The van der Waals surface area contributed by atoms with Gasteiger partial charge >= 0.3 is 5.97 Å². The number of hydrogen-bond donors (Lipinski definition) is 5. The van der Waals surface area contributed by atoms with Gasteiger partial charge in [-0.3, -0.25) is 9.69 Å². The van der Waals surface area contributed by atoms with Crippen molar-refractivity contribution in [3.63, 3.8) is 0 Å². The van der Waals surface area contributed by atoms with Crippen LogP contribution in [0.3, 0.4) is 0 Å². The van der Waals surface area contributed by atoms with Crippen molar-refractivity contribution in [2.75, 3.05) is 40.3 Å². The molecule has 1 aromatic rings. The van der Waals surface area contributed by atoms with Gasteiger partial charge in [0, 0.05) is 45.6 Å². The molecule has 4 aliphatic rings. The Morgan fingerprint density at radius 2 is 1.61 bits per heavy atom. The summed E-state index contributed by atoms with van der Waals surface area (Å²) < 4.78 is 46.3. The second-order valence-corrected chi connectivity index (χ2v) is 20.7. The molecule has 0 unspecified atom stereocenters. The molecule has 66 heavy (non-hydrogen) atoms.